The van der Waals surface area contributed by atoms with Gasteiger partial charge in [0.2, 0.25) is 10.0 Å². The standard InChI is InChI=1S/C38H45N3O5S/c1-40-20-24-12-16-31(40)34(24)36(42)38-19-30(38)29-18-25(46-2)13-15-27(29)35-33(22-7-4-3-5-8-22)28-14-11-23(17-32(28)41(35)21-38)37(43)39-47(44,45)26-9-6-10-26/h11,13-15,17-18,22,24,26,30-31,34H,3-10,12,16,19-21H2,1-2H3,(H,39,43)/t24?,30?,31?,34-,38?/m1/s1. The first-order valence-corrected chi connectivity index (χ1v) is 19.4. The molecule has 5 atom stereocenters. The highest BCUT2D eigenvalue weighted by atomic mass is 32.2. The zero-order chi connectivity index (χ0) is 32.2. The van der Waals surface area contributed by atoms with Crippen molar-refractivity contribution in [3.05, 3.63) is 53.1 Å². The van der Waals surface area contributed by atoms with Gasteiger partial charge in [0.05, 0.1) is 23.5 Å². The summed E-state index contributed by atoms with van der Waals surface area (Å²) in [4.78, 5) is 30.9. The van der Waals surface area contributed by atoms with Gasteiger partial charge in [0.15, 0.2) is 0 Å². The lowest BCUT2D eigenvalue weighted by atomic mass is 9.80. The summed E-state index contributed by atoms with van der Waals surface area (Å²) in [5.41, 5.74) is 5.65. The number of hydrogen-bond donors (Lipinski definition) is 1. The molecule has 1 N–H and O–H groups in total. The fourth-order valence-corrected chi connectivity index (χ4v) is 11.9. The quantitative estimate of drug-likeness (QED) is 0.318. The zero-order valence-electron chi connectivity index (χ0n) is 27.5. The topological polar surface area (TPSA) is 97.7 Å². The third kappa shape index (κ3) is 4.44. The highest BCUT2D eigenvalue weighted by Gasteiger charge is 2.66. The van der Waals surface area contributed by atoms with Crippen molar-refractivity contribution in [2.24, 2.45) is 17.3 Å². The molecule has 2 aromatic carbocycles. The van der Waals surface area contributed by atoms with Crippen molar-refractivity contribution in [2.75, 3.05) is 20.7 Å². The van der Waals surface area contributed by atoms with Crippen LogP contribution in [0.15, 0.2) is 36.4 Å². The number of nitrogens with one attached hydrogen (secondary N) is 1. The van der Waals surface area contributed by atoms with Crippen LogP contribution in [0.3, 0.4) is 0 Å². The van der Waals surface area contributed by atoms with Crippen LogP contribution in [0, 0.1) is 17.3 Å². The SMILES string of the molecule is COc1ccc2c(c1)C1CC1(C(=O)[C@@H]1C3CCC1N(C)C3)Cn1c-2c(C2CCCCC2)c2ccc(C(=O)NS(=O)(=O)C3CCC3)cc21. The van der Waals surface area contributed by atoms with E-state index in [1.807, 2.05) is 18.2 Å². The number of methoxy groups -OCH3 is 1. The number of sulfonamides is 1. The molecule has 3 heterocycles. The number of hydrogen-bond acceptors (Lipinski definition) is 6. The van der Waals surface area contributed by atoms with Gasteiger partial charge in [0.1, 0.15) is 11.5 Å². The Morgan fingerprint density at radius 1 is 0.957 bits per heavy atom. The fraction of sp³-hybridized carbons (Fsp3) is 0.579. The van der Waals surface area contributed by atoms with Crippen LogP contribution in [-0.4, -0.2) is 61.6 Å². The Balaban J connectivity index is 1.22. The number of nitrogens with zero attached hydrogens (tertiary/aromatic N) is 2. The molecule has 5 fully saturated rings. The molecule has 248 valence electrons. The summed E-state index contributed by atoms with van der Waals surface area (Å²) in [5, 5.41) is 0.628. The second-order valence-corrected chi connectivity index (χ2v) is 17.5. The lowest BCUT2D eigenvalue weighted by molar-refractivity contribution is -0.129. The number of likely N-dealkylation sites (tertiary alicyclic amines) is 1. The maximum absolute atomic E-state index is 15.0. The number of piperidine rings is 1. The first kappa shape index (κ1) is 29.9. The van der Waals surface area contributed by atoms with Gasteiger partial charge in [0, 0.05) is 53.0 Å². The molecule has 1 aromatic heterocycles. The van der Waals surface area contributed by atoms with Crippen LogP contribution in [0.25, 0.3) is 22.2 Å². The van der Waals surface area contributed by atoms with Gasteiger partial charge in [-0.25, -0.2) is 13.1 Å². The maximum Gasteiger partial charge on any atom is 0.264 e. The number of rotatable bonds is 7. The summed E-state index contributed by atoms with van der Waals surface area (Å²) in [6.07, 6.45) is 11.0. The average Bonchev–Trinajstić information content (AvgIpc) is 3.35. The molecule has 1 amide bonds. The minimum atomic E-state index is -3.71. The van der Waals surface area contributed by atoms with E-state index < -0.39 is 26.6 Å². The number of fused-ring (bicyclic) bond motifs is 9. The smallest absolute Gasteiger partial charge is 0.264 e. The van der Waals surface area contributed by atoms with Crippen LogP contribution < -0.4 is 9.46 Å². The van der Waals surface area contributed by atoms with Crippen LogP contribution in [0.1, 0.15) is 104 Å². The molecule has 0 radical (unpaired) electrons. The maximum atomic E-state index is 15.0. The highest BCUT2D eigenvalue weighted by molar-refractivity contribution is 7.90. The van der Waals surface area contributed by atoms with Gasteiger partial charge in [-0.15, -0.1) is 0 Å². The molecule has 2 bridgehead atoms. The molecule has 4 aliphatic carbocycles. The van der Waals surface area contributed by atoms with Crippen molar-refractivity contribution in [1.29, 1.82) is 0 Å². The van der Waals surface area contributed by atoms with Gasteiger partial charge in [-0.1, -0.05) is 31.7 Å². The van der Waals surface area contributed by atoms with Gasteiger partial charge in [-0.3, -0.25) is 9.59 Å². The van der Waals surface area contributed by atoms with Crippen molar-refractivity contribution in [3.63, 3.8) is 0 Å². The van der Waals surface area contributed by atoms with E-state index in [-0.39, 0.29) is 11.8 Å². The largest absolute Gasteiger partial charge is 0.497 e. The molecule has 1 saturated heterocycles. The van der Waals surface area contributed by atoms with Crippen LogP contribution in [0.5, 0.6) is 5.75 Å². The van der Waals surface area contributed by atoms with Gasteiger partial charge in [-0.05, 0) is 105 Å². The van der Waals surface area contributed by atoms with Gasteiger partial charge in [-0.2, -0.15) is 0 Å². The van der Waals surface area contributed by atoms with Crippen molar-refractivity contribution < 1.29 is 22.7 Å². The minimum absolute atomic E-state index is 0.0679. The van der Waals surface area contributed by atoms with Crippen LogP contribution in [-0.2, 0) is 21.4 Å². The number of benzene rings is 2. The van der Waals surface area contributed by atoms with Crippen LogP contribution >= 0.6 is 0 Å². The number of carbonyl (C=O) groups is 2. The monoisotopic (exact) mass is 655 g/mol. The Bertz CT molecular complexity index is 1920. The molecule has 8 nitrogen and oxygen atoms in total. The molecule has 47 heavy (non-hydrogen) atoms. The normalized spacial score (nSPS) is 30.3. The Hall–Kier alpha value is -3.17. The first-order chi connectivity index (χ1) is 22.7. The average molecular weight is 656 g/mol. The number of amides is 1. The van der Waals surface area contributed by atoms with Crippen molar-refractivity contribution in [3.8, 4) is 17.0 Å². The highest BCUT2D eigenvalue weighted by Crippen LogP contribution is 2.68. The summed E-state index contributed by atoms with van der Waals surface area (Å²) >= 11 is 0. The molecule has 9 rings (SSSR count). The summed E-state index contributed by atoms with van der Waals surface area (Å²) in [6, 6.07) is 12.5. The van der Waals surface area contributed by atoms with Crippen molar-refractivity contribution in [1.82, 2.24) is 14.2 Å². The minimum Gasteiger partial charge on any atom is -0.497 e. The zero-order valence-corrected chi connectivity index (χ0v) is 28.3. The summed E-state index contributed by atoms with van der Waals surface area (Å²) in [5.74, 6) is 1.66. The molecular formula is C38H45N3O5S. The number of carbonyl (C=O) groups excluding carboxylic acids is 2. The number of aromatic nitrogens is 1. The van der Waals surface area contributed by atoms with Crippen molar-refractivity contribution >= 4 is 32.6 Å². The Morgan fingerprint density at radius 3 is 2.45 bits per heavy atom. The molecule has 4 unspecified atom stereocenters. The third-order valence-corrected chi connectivity index (χ3v) is 15.0. The second kappa shape index (κ2) is 10.7. The predicted octanol–water partition coefficient (Wildman–Crippen LogP) is 6.37. The van der Waals surface area contributed by atoms with E-state index in [0.717, 1.165) is 61.7 Å². The second-order valence-electron chi connectivity index (χ2n) is 15.5. The van der Waals surface area contributed by atoms with Gasteiger partial charge >= 0.3 is 0 Å². The summed E-state index contributed by atoms with van der Waals surface area (Å²) < 4.78 is 36.3. The molecule has 3 aromatic rings. The molecule has 6 aliphatic rings. The molecule has 4 saturated carbocycles. The molecule has 9 heteroatoms. The number of ether oxygens (including phenoxy) is 1. The predicted molar refractivity (Wildman–Crippen MR) is 181 cm³/mol. The van der Waals surface area contributed by atoms with Crippen molar-refractivity contribution in [2.45, 2.75) is 100 Å². The van der Waals surface area contributed by atoms with E-state index in [0.29, 0.717) is 48.6 Å². The van der Waals surface area contributed by atoms with E-state index in [1.54, 1.807) is 13.2 Å². The van der Waals surface area contributed by atoms with Crippen LogP contribution in [0.4, 0.5) is 0 Å². The molecule has 2 aliphatic heterocycles. The summed E-state index contributed by atoms with van der Waals surface area (Å²) in [7, 11) is 0.164. The number of ketones is 1. The molecule has 0 spiro atoms. The number of Topliss-reactive ketones (excluding diaryl/α,β-unsaturated/α-hetero) is 1. The van der Waals surface area contributed by atoms with E-state index >= 15 is 0 Å². The van der Waals surface area contributed by atoms with E-state index in [1.165, 1.54) is 41.6 Å². The Labute approximate surface area is 277 Å². The first-order valence-electron chi connectivity index (χ1n) is 17.8. The fourth-order valence-electron chi connectivity index (χ4n) is 10.4. The van der Waals surface area contributed by atoms with Gasteiger partial charge < -0.3 is 14.2 Å². The lowest BCUT2D eigenvalue weighted by Gasteiger charge is -2.26. The van der Waals surface area contributed by atoms with E-state index in [2.05, 4.69) is 33.4 Å². The third-order valence-electron chi connectivity index (χ3n) is 13.1. The Kier molecular flexibility index (Phi) is 6.79. The van der Waals surface area contributed by atoms with E-state index in [9.17, 15) is 18.0 Å². The Morgan fingerprint density at radius 2 is 1.77 bits per heavy atom. The molecular weight excluding hydrogens is 611 g/mol. The van der Waals surface area contributed by atoms with E-state index in [4.69, 9.17) is 4.74 Å². The van der Waals surface area contributed by atoms with Crippen LogP contribution in [0.2, 0.25) is 0 Å². The summed E-state index contributed by atoms with van der Waals surface area (Å²) in [6.45, 7) is 1.58. The van der Waals surface area contributed by atoms with Gasteiger partial charge in [0.25, 0.3) is 5.91 Å². The lowest BCUT2D eigenvalue weighted by Crippen LogP contribution is -2.41.